The van der Waals surface area contributed by atoms with Crippen molar-refractivity contribution in [2.75, 3.05) is 0 Å². The maximum absolute atomic E-state index is 9.94. The lowest BCUT2D eigenvalue weighted by Gasteiger charge is -2.13. The molecule has 0 saturated heterocycles. The number of benzene rings is 8. The fraction of sp³-hybridized carbons (Fsp3) is 0. The van der Waals surface area contributed by atoms with Gasteiger partial charge in [-0.15, -0.1) is 0 Å². The first-order valence-corrected chi connectivity index (χ1v) is 17.4. The lowest BCUT2D eigenvalue weighted by atomic mass is 10.0. The van der Waals surface area contributed by atoms with Gasteiger partial charge in [-0.25, -0.2) is 4.98 Å². The molecule has 0 radical (unpaired) electrons. The summed E-state index contributed by atoms with van der Waals surface area (Å²) in [4.78, 5) is 14.0. The standard InChI is InChI=1S/C51H31N5O/c1-4-14-32(15-5-1)35-24-26-39-40-27-25-36(31-46(40)57-45(39)30-35)55-43-22-12-10-20-37(43)41-28-29-42-38-21-11-13-23-44(38)56(48(42)47(41)55)51-53-49(33-16-6-2-7-17-33)52-50(54-51)34-18-8-3-9-19-34/h1-31H/i1D,2D,3D,4D,5D,6D,7D,8D,9D,14D,15D,16D,17D,18D,19D,24D,25D,26D,27D,30D,31D. The molecule has 0 aliphatic carbocycles. The zero-order valence-corrected chi connectivity index (χ0v) is 28.9. The average Bonchev–Trinajstić information content (AvgIpc) is 3.71. The van der Waals surface area contributed by atoms with Gasteiger partial charge in [-0.2, -0.15) is 9.97 Å². The number of hydrogen-bond donors (Lipinski definition) is 0. The number of furan rings is 1. The lowest BCUT2D eigenvalue weighted by Crippen LogP contribution is -2.07. The van der Waals surface area contributed by atoms with Crippen LogP contribution in [0.1, 0.15) is 28.8 Å². The minimum absolute atomic E-state index is 0.243. The van der Waals surface area contributed by atoms with Crippen molar-refractivity contribution >= 4 is 65.6 Å². The van der Waals surface area contributed by atoms with E-state index in [9.17, 15) is 6.85 Å². The molecule has 266 valence electrons. The summed E-state index contributed by atoms with van der Waals surface area (Å²) in [6.45, 7) is 0. The lowest BCUT2D eigenvalue weighted by molar-refractivity contribution is 0.669. The average molecular weight is 751 g/mol. The Morgan fingerprint density at radius 1 is 0.404 bits per heavy atom. The van der Waals surface area contributed by atoms with Crippen molar-refractivity contribution in [1.29, 1.82) is 0 Å². The Labute approximate surface area is 356 Å². The fourth-order valence-corrected chi connectivity index (χ4v) is 7.34. The maximum Gasteiger partial charge on any atom is 0.238 e. The maximum atomic E-state index is 9.94. The molecular formula is C51H31N5O. The predicted octanol–water partition coefficient (Wildman–Crippen LogP) is 13.0. The molecule has 0 aliphatic heterocycles. The van der Waals surface area contributed by atoms with Gasteiger partial charge < -0.3 is 8.98 Å². The molecular weight excluding hydrogens is 699 g/mol. The molecule has 0 N–H and O–H groups in total. The molecule has 0 aliphatic rings. The largest absolute Gasteiger partial charge is 0.456 e. The Kier molecular flexibility index (Phi) is 3.75. The van der Waals surface area contributed by atoms with Crippen LogP contribution in [-0.2, 0) is 0 Å². The van der Waals surface area contributed by atoms with Crippen molar-refractivity contribution in [1.82, 2.24) is 24.1 Å². The van der Waals surface area contributed by atoms with E-state index in [0.29, 0.717) is 32.6 Å². The predicted molar refractivity (Wildman–Crippen MR) is 232 cm³/mol. The SMILES string of the molecule is [2H]c1c([2H])c([2H])c(-c2nc(-c3c([2H])c([2H])c([2H])c([2H])c3[2H])nc(-n3c4ccccc4c4ccc5c6ccccc6n(-c6c([2H])c([2H])c7c(oc8c([2H])c(-c9c([2H])c([2H])c([2H])c([2H])c9[2H])c([2H])c([2H])c87)c6[2H])c5c43)n2)c([2H])c1[2H]. The quantitative estimate of drug-likeness (QED) is 0.176. The summed E-state index contributed by atoms with van der Waals surface area (Å²) in [5.74, 6) is -1.38. The molecule has 0 bridgehead atoms. The molecule has 0 amide bonds. The number of para-hydroxylation sites is 2. The summed E-state index contributed by atoms with van der Waals surface area (Å²) < 4.78 is 195. The second-order valence-corrected chi connectivity index (χ2v) is 12.8. The van der Waals surface area contributed by atoms with Gasteiger partial charge in [-0.1, -0.05) is 145 Å². The van der Waals surface area contributed by atoms with E-state index in [0.717, 1.165) is 0 Å². The summed E-state index contributed by atoms with van der Waals surface area (Å²) in [6, 6.07) is 2.87. The first kappa shape index (κ1) is 17.3. The zero-order chi connectivity index (χ0) is 55.7. The molecule has 0 saturated carbocycles. The van der Waals surface area contributed by atoms with Crippen LogP contribution in [0.4, 0.5) is 0 Å². The molecule has 0 spiro atoms. The first-order chi connectivity index (χ1) is 37.0. The van der Waals surface area contributed by atoms with Crippen LogP contribution >= 0.6 is 0 Å². The zero-order valence-electron chi connectivity index (χ0n) is 49.9. The van der Waals surface area contributed by atoms with Gasteiger partial charge in [0.2, 0.25) is 5.95 Å². The van der Waals surface area contributed by atoms with Crippen molar-refractivity contribution in [2.24, 2.45) is 0 Å². The van der Waals surface area contributed by atoms with Crippen LogP contribution in [0.15, 0.2) is 192 Å². The Morgan fingerprint density at radius 2 is 0.912 bits per heavy atom. The third-order valence-corrected chi connectivity index (χ3v) is 9.71. The van der Waals surface area contributed by atoms with Crippen molar-refractivity contribution in [2.45, 2.75) is 0 Å². The van der Waals surface area contributed by atoms with E-state index in [1.165, 1.54) is 4.57 Å². The molecule has 8 aromatic carbocycles. The Bertz CT molecular complexity index is 4600. The van der Waals surface area contributed by atoms with Gasteiger partial charge in [0, 0.05) is 49.5 Å². The number of rotatable bonds is 5. The third kappa shape index (κ3) is 4.87. The van der Waals surface area contributed by atoms with Gasteiger partial charge in [0.1, 0.15) is 11.2 Å². The summed E-state index contributed by atoms with van der Waals surface area (Å²) in [6.07, 6.45) is 0. The van der Waals surface area contributed by atoms with Gasteiger partial charge >= 0.3 is 0 Å². The highest BCUT2D eigenvalue weighted by Crippen LogP contribution is 2.42. The van der Waals surface area contributed by atoms with E-state index in [1.54, 1.807) is 65.2 Å². The molecule has 12 aromatic rings. The highest BCUT2D eigenvalue weighted by molar-refractivity contribution is 6.24. The summed E-state index contributed by atoms with van der Waals surface area (Å²) in [7, 11) is 0. The minimum Gasteiger partial charge on any atom is -0.456 e. The first-order valence-electron chi connectivity index (χ1n) is 27.9. The summed E-state index contributed by atoms with van der Waals surface area (Å²) >= 11 is 0. The Hall–Kier alpha value is -7.83. The van der Waals surface area contributed by atoms with E-state index < -0.39 is 166 Å². The molecule has 0 fully saturated rings. The van der Waals surface area contributed by atoms with Crippen LogP contribution in [0.25, 0.3) is 111 Å². The normalized spacial score (nSPS) is 17.0. The minimum atomic E-state index is -0.745. The highest BCUT2D eigenvalue weighted by Gasteiger charge is 2.24. The van der Waals surface area contributed by atoms with Crippen LogP contribution < -0.4 is 0 Å². The van der Waals surface area contributed by atoms with Gasteiger partial charge in [0.15, 0.2) is 11.6 Å². The summed E-state index contributed by atoms with van der Waals surface area (Å²) in [5, 5.41) is 1.59. The van der Waals surface area contributed by atoms with Crippen LogP contribution in [0.5, 0.6) is 0 Å². The number of fused-ring (bicyclic) bond motifs is 10. The van der Waals surface area contributed by atoms with Crippen LogP contribution in [-0.4, -0.2) is 24.1 Å². The van der Waals surface area contributed by atoms with Crippen molar-refractivity contribution in [3.8, 4) is 45.5 Å². The van der Waals surface area contributed by atoms with E-state index in [1.807, 2.05) is 0 Å². The molecule has 6 heteroatoms. The van der Waals surface area contributed by atoms with Gasteiger partial charge in [-0.3, -0.25) is 4.57 Å². The third-order valence-electron chi connectivity index (χ3n) is 9.71. The van der Waals surface area contributed by atoms with Crippen molar-refractivity contribution < 1.29 is 33.2 Å². The van der Waals surface area contributed by atoms with Crippen LogP contribution in [0.3, 0.4) is 0 Å². The number of hydrogen-bond acceptors (Lipinski definition) is 4. The molecule has 4 heterocycles. The van der Waals surface area contributed by atoms with Gasteiger partial charge in [0.05, 0.1) is 56.5 Å². The molecule has 12 rings (SSSR count). The van der Waals surface area contributed by atoms with Crippen LogP contribution in [0, 0.1) is 0 Å². The summed E-state index contributed by atoms with van der Waals surface area (Å²) in [5.41, 5.74) is -1.83. The van der Waals surface area contributed by atoms with E-state index in [4.69, 9.17) is 36.3 Å². The highest BCUT2D eigenvalue weighted by atomic mass is 16.3. The Morgan fingerprint density at radius 3 is 1.53 bits per heavy atom. The molecule has 0 atom stereocenters. The van der Waals surface area contributed by atoms with E-state index in [2.05, 4.69) is 4.98 Å². The molecule has 0 unspecified atom stereocenters. The van der Waals surface area contributed by atoms with Crippen molar-refractivity contribution in [3.05, 3.63) is 188 Å². The van der Waals surface area contributed by atoms with E-state index in [-0.39, 0.29) is 39.0 Å². The van der Waals surface area contributed by atoms with E-state index >= 15 is 0 Å². The number of aromatic nitrogens is 5. The topological polar surface area (TPSA) is 61.7 Å². The van der Waals surface area contributed by atoms with Gasteiger partial charge in [0.25, 0.3) is 0 Å². The monoisotopic (exact) mass is 750 g/mol. The smallest absolute Gasteiger partial charge is 0.238 e. The second kappa shape index (κ2) is 12.3. The molecule has 4 aromatic heterocycles. The fourth-order valence-electron chi connectivity index (χ4n) is 7.34. The van der Waals surface area contributed by atoms with Crippen molar-refractivity contribution in [3.63, 3.8) is 0 Å². The molecule has 57 heavy (non-hydrogen) atoms. The molecule has 6 nitrogen and oxygen atoms in total. The van der Waals surface area contributed by atoms with Gasteiger partial charge in [-0.05, 0) is 47.4 Å². The Balaban J connectivity index is 1.23. The number of nitrogens with zero attached hydrogens (tertiary/aromatic N) is 5. The second-order valence-electron chi connectivity index (χ2n) is 12.8. The van der Waals surface area contributed by atoms with Crippen LogP contribution in [0.2, 0.25) is 0 Å².